The van der Waals surface area contributed by atoms with Gasteiger partial charge in [0, 0.05) is 31.4 Å². The minimum atomic E-state index is 0. The molecule has 1 heterocycles. The molecule has 1 saturated carbocycles. The van der Waals surface area contributed by atoms with Gasteiger partial charge in [0.2, 0.25) is 0 Å². The average Bonchev–Trinajstić information content (AvgIpc) is 3.24. The van der Waals surface area contributed by atoms with Gasteiger partial charge in [-0.1, -0.05) is 43.2 Å². The first kappa shape index (κ1) is 18.8. The van der Waals surface area contributed by atoms with Gasteiger partial charge in [0.25, 0.3) is 0 Å². The van der Waals surface area contributed by atoms with Gasteiger partial charge in [-0.25, -0.2) is 0 Å². The van der Waals surface area contributed by atoms with Crippen LogP contribution < -0.4 is 10.6 Å². The summed E-state index contributed by atoms with van der Waals surface area (Å²) in [5.74, 6) is 0.882. The first-order valence-corrected chi connectivity index (χ1v) is 8.36. The molecule has 0 saturated heterocycles. The van der Waals surface area contributed by atoms with Crippen molar-refractivity contribution in [1.29, 1.82) is 0 Å². The van der Waals surface area contributed by atoms with Crippen LogP contribution in [0, 0.1) is 0 Å². The molecule has 130 valence electrons. The van der Waals surface area contributed by atoms with E-state index in [0.717, 1.165) is 24.6 Å². The maximum absolute atomic E-state index is 4.43. The van der Waals surface area contributed by atoms with Gasteiger partial charge in [-0.3, -0.25) is 9.67 Å². The van der Waals surface area contributed by atoms with Crippen LogP contribution >= 0.6 is 24.0 Å². The van der Waals surface area contributed by atoms with Crippen LogP contribution in [0.3, 0.4) is 0 Å². The summed E-state index contributed by atoms with van der Waals surface area (Å²) < 4.78 is 1.97. The zero-order valence-electron chi connectivity index (χ0n) is 14.1. The van der Waals surface area contributed by atoms with Crippen LogP contribution in [0.4, 0.5) is 0 Å². The molecular formula is C18H26IN5. The molecule has 5 nitrogen and oxygen atoms in total. The summed E-state index contributed by atoms with van der Waals surface area (Å²) in [7, 11) is 1.82. The Kier molecular flexibility index (Phi) is 7.55. The fourth-order valence-electron chi connectivity index (χ4n) is 3.00. The maximum atomic E-state index is 4.43. The minimum Gasteiger partial charge on any atom is -0.354 e. The van der Waals surface area contributed by atoms with E-state index in [4.69, 9.17) is 0 Å². The Morgan fingerprint density at radius 1 is 1.21 bits per heavy atom. The molecule has 24 heavy (non-hydrogen) atoms. The molecule has 0 spiro atoms. The van der Waals surface area contributed by atoms with E-state index in [2.05, 4.69) is 51.2 Å². The predicted molar refractivity (Wildman–Crippen MR) is 109 cm³/mol. The molecular weight excluding hydrogens is 413 g/mol. The molecule has 1 aliphatic carbocycles. The number of nitrogens with zero attached hydrogens (tertiary/aromatic N) is 3. The normalized spacial score (nSPS) is 15.1. The van der Waals surface area contributed by atoms with Crippen LogP contribution in [-0.4, -0.2) is 28.8 Å². The molecule has 1 fully saturated rings. The van der Waals surface area contributed by atoms with E-state index in [1.807, 2.05) is 24.0 Å². The summed E-state index contributed by atoms with van der Waals surface area (Å²) >= 11 is 0. The molecule has 0 radical (unpaired) electrons. The Bertz CT molecular complexity index is 632. The summed E-state index contributed by atoms with van der Waals surface area (Å²) in [6.45, 7) is 1.54. The van der Waals surface area contributed by atoms with Crippen molar-refractivity contribution < 1.29 is 0 Å². The van der Waals surface area contributed by atoms with Gasteiger partial charge in [0.05, 0.1) is 12.7 Å². The monoisotopic (exact) mass is 439 g/mol. The second-order valence-corrected chi connectivity index (χ2v) is 6.08. The van der Waals surface area contributed by atoms with Crippen LogP contribution in [-0.2, 0) is 13.1 Å². The third-order valence-corrected chi connectivity index (χ3v) is 4.25. The number of guanidine groups is 1. The van der Waals surface area contributed by atoms with Gasteiger partial charge in [0.15, 0.2) is 5.96 Å². The summed E-state index contributed by atoms with van der Waals surface area (Å²) in [6.07, 6.45) is 9.13. The zero-order valence-corrected chi connectivity index (χ0v) is 16.4. The number of aliphatic imine (C=N–C) groups is 1. The van der Waals surface area contributed by atoms with Gasteiger partial charge in [-0.15, -0.1) is 24.0 Å². The minimum absolute atomic E-state index is 0. The van der Waals surface area contributed by atoms with Crippen molar-refractivity contribution in [2.75, 3.05) is 7.05 Å². The maximum Gasteiger partial charge on any atom is 0.191 e. The lowest BCUT2D eigenvalue weighted by molar-refractivity contribution is 0.613. The summed E-state index contributed by atoms with van der Waals surface area (Å²) in [6, 6.07) is 11.0. The van der Waals surface area contributed by atoms with Crippen molar-refractivity contribution >= 4 is 29.9 Å². The van der Waals surface area contributed by atoms with Crippen molar-refractivity contribution in [3.8, 4) is 0 Å². The van der Waals surface area contributed by atoms with E-state index in [0.29, 0.717) is 6.04 Å². The van der Waals surface area contributed by atoms with Crippen LogP contribution in [0.15, 0.2) is 47.7 Å². The summed E-state index contributed by atoms with van der Waals surface area (Å²) in [5, 5.41) is 11.3. The Balaban J connectivity index is 0.00000208. The van der Waals surface area contributed by atoms with Gasteiger partial charge in [-0.2, -0.15) is 5.10 Å². The first-order chi connectivity index (χ1) is 11.3. The third-order valence-electron chi connectivity index (χ3n) is 4.25. The van der Waals surface area contributed by atoms with Crippen molar-refractivity contribution in [2.24, 2.45) is 4.99 Å². The fraction of sp³-hybridized carbons (Fsp3) is 0.444. The standard InChI is InChI=1S/C18H25N5.HI/c1-19-18(22-17-9-5-6-10-17)20-11-16-12-21-23(14-16)13-15-7-3-2-4-8-15;/h2-4,7-8,12,14,17H,5-6,9-11,13H2,1H3,(H2,19,20,22);1H. The van der Waals surface area contributed by atoms with Crippen LogP contribution in [0.1, 0.15) is 36.8 Å². The Morgan fingerprint density at radius 3 is 2.67 bits per heavy atom. The number of rotatable bonds is 5. The molecule has 2 aromatic rings. The summed E-state index contributed by atoms with van der Waals surface area (Å²) in [4.78, 5) is 4.31. The number of benzene rings is 1. The smallest absolute Gasteiger partial charge is 0.191 e. The van der Waals surface area contributed by atoms with Crippen molar-refractivity contribution in [3.63, 3.8) is 0 Å². The zero-order chi connectivity index (χ0) is 15.9. The topological polar surface area (TPSA) is 54.2 Å². The molecule has 0 aliphatic heterocycles. The number of hydrogen-bond donors (Lipinski definition) is 2. The van der Waals surface area contributed by atoms with Gasteiger partial charge in [0.1, 0.15) is 0 Å². The lowest BCUT2D eigenvalue weighted by Crippen LogP contribution is -2.41. The average molecular weight is 439 g/mol. The number of aromatic nitrogens is 2. The highest BCUT2D eigenvalue weighted by atomic mass is 127. The van der Waals surface area contributed by atoms with Gasteiger partial charge >= 0.3 is 0 Å². The molecule has 1 aliphatic rings. The van der Waals surface area contributed by atoms with E-state index in [9.17, 15) is 0 Å². The SMILES string of the molecule is CN=C(NCc1cnn(Cc2ccccc2)c1)NC1CCCC1.I. The molecule has 2 N–H and O–H groups in total. The molecule has 0 amide bonds. The highest BCUT2D eigenvalue weighted by Crippen LogP contribution is 2.17. The number of halogens is 1. The van der Waals surface area contributed by atoms with Crippen LogP contribution in [0.25, 0.3) is 0 Å². The van der Waals surface area contributed by atoms with Crippen molar-refractivity contribution in [1.82, 2.24) is 20.4 Å². The van der Waals surface area contributed by atoms with Crippen molar-refractivity contribution in [3.05, 3.63) is 53.9 Å². The van der Waals surface area contributed by atoms with E-state index < -0.39 is 0 Å². The predicted octanol–water partition coefficient (Wildman–Crippen LogP) is 3.16. The van der Waals surface area contributed by atoms with Crippen LogP contribution in [0.5, 0.6) is 0 Å². The first-order valence-electron chi connectivity index (χ1n) is 8.36. The highest BCUT2D eigenvalue weighted by Gasteiger charge is 2.15. The number of hydrogen-bond acceptors (Lipinski definition) is 2. The lowest BCUT2D eigenvalue weighted by atomic mass is 10.2. The quantitative estimate of drug-likeness (QED) is 0.428. The van der Waals surface area contributed by atoms with E-state index >= 15 is 0 Å². The Morgan fingerprint density at radius 2 is 1.96 bits per heavy atom. The Hall–Kier alpha value is -1.57. The second kappa shape index (κ2) is 9.66. The van der Waals surface area contributed by atoms with E-state index in [1.54, 1.807) is 0 Å². The fourth-order valence-corrected chi connectivity index (χ4v) is 3.00. The van der Waals surface area contributed by atoms with E-state index in [-0.39, 0.29) is 24.0 Å². The van der Waals surface area contributed by atoms with Crippen LogP contribution in [0.2, 0.25) is 0 Å². The lowest BCUT2D eigenvalue weighted by Gasteiger charge is -2.16. The molecule has 1 aromatic heterocycles. The molecule has 0 atom stereocenters. The molecule has 0 unspecified atom stereocenters. The highest BCUT2D eigenvalue weighted by molar-refractivity contribution is 14.0. The number of nitrogens with one attached hydrogen (secondary N) is 2. The second-order valence-electron chi connectivity index (χ2n) is 6.08. The van der Waals surface area contributed by atoms with Gasteiger partial charge < -0.3 is 10.6 Å². The molecule has 0 bridgehead atoms. The molecule has 1 aromatic carbocycles. The summed E-state index contributed by atoms with van der Waals surface area (Å²) in [5.41, 5.74) is 2.42. The van der Waals surface area contributed by atoms with Crippen molar-refractivity contribution in [2.45, 2.75) is 44.8 Å². The Labute approximate surface area is 161 Å². The molecule has 3 rings (SSSR count). The third kappa shape index (κ3) is 5.51. The molecule has 6 heteroatoms. The van der Waals surface area contributed by atoms with Gasteiger partial charge in [-0.05, 0) is 18.4 Å². The largest absolute Gasteiger partial charge is 0.354 e. The van der Waals surface area contributed by atoms with E-state index in [1.165, 1.54) is 31.2 Å².